The van der Waals surface area contributed by atoms with E-state index in [2.05, 4.69) is 5.32 Å². The maximum atomic E-state index is 11.4. The number of ether oxygens (including phenoxy) is 2. The van der Waals surface area contributed by atoms with E-state index < -0.39 is 12.6 Å². The highest BCUT2D eigenvalue weighted by Gasteiger charge is 2.16. The standard InChI is InChI=1S/C13H17NO3/c15-13-6-7-16-9-12(14-13)10-17-8-11-4-2-1-3-5-11/h1-5,12H,6-10H2,(H,14,15)/t12-/m1/s1/i9D2. The first-order chi connectivity index (χ1) is 9.08. The lowest BCUT2D eigenvalue weighted by molar-refractivity contribution is -0.121. The summed E-state index contributed by atoms with van der Waals surface area (Å²) in [5, 5.41) is 2.59. The third-order valence-electron chi connectivity index (χ3n) is 2.39. The Morgan fingerprint density at radius 2 is 2.29 bits per heavy atom. The van der Waals surface area contributed by atoms with E-state index >= 15 is 0 Å². The molecule has 1 aliphatic heterocycles. The minimum Gasteiger partial charge on any atom is -0.379 e. The zero-order valence-corrected chi connectivity index (χ0v) is 9.52. The first kappa shape index (κ1) is 9.62. The summed E-state index contributed by atoms with van der Waals surface area (Å²) < 4.78 is 26.0. The van der Waals surface area contributed by atoms with Crippen molar-refractivity contribution in [3.05, 3.63) is 35.9 Å². The van der Waals surface area contributed by atoms with Crippen LogP contribution in [0.15, 0.2) is 30.3 Å². The van der Waals surface area contributed by atoms with E-state index in [1.807, 2.05) is 30.3 Å². The molecule has 1 fully saturated rings. The summed E-state index contributed by atoms with van der Waals surface area (Å²) in [6.07, 6.45) is 0.175. The van der Waals surface area contributed by atoms with Gasteiger partial charge in [-0.2, -0.15) is 0 Å². The van der Waals surface area contributed by atoms with Crippen molar-refractivity contribution < 1.29 is 17.0 Å². The molecule has 1 heterocycles. The van der Waals surface area contributed by atoms with Gasteiger partial charge in [0.15, 0.2) is 0 Å². The predicted octanol–water partition coefficient (Wildman–Crippen LogP) is 1.11. The molecule has 1 atom stereocenters. The fraction of sp³-hybridized carbons (Fsp3) is 0.462. The first-order valence-corrected chi connectivity index (χ1v) is 5.63. The zero-order chi connectivity index (χ0) is 13.7. The fourth-order valence-electron chi connectivity index (χ4n) is 1.54. The van der Waals surface area contributed by atoms with Crippen LogP contribution in [0.3, 0.4) is 0 Å². The number of carbonyl (C=O) groups excluding carboxylic acids is 1. The number of carbonyl (C=O) groups is 1. The van der Waals surface area contributed by atoms with Crippen LogP contribution in [-0.4, -0.2) is 31.7 Å². The largest absolute Gasteiger partial charge is 0.379 e. The molecule has 0 saturated carbocycles. The highest BCUT2D eigenvalue weighted by atomic mass is 16.5. The number of amides is 1. The average Bonchev–Trinajstić information content (AvgIpc) is 2.50. The van der Waals surface area contributed by atoms with Gasteiger partial charge in [0.25, 0.3) is 0 Å². The number of benzene rings is 1. The molecule has 1 aliphatic rings. The van der Waals surface area contributed by atoms with Crippen LogP contribution >= 0.6 is 0 Å². The molecule has 0 unspecified atom stereocenters. The van der Waals surface area contributed by atoms with Crippen molar-refractivity contribution in [3.8, 4) is 0 Å². The van der Waals surface area contributed by atoms with Crippen molar-refractivity contribution in [2.75, 3.05) is 19.8 Å². The Hall–Kier alpha value is -1.39. The van der Waals surface area contributed by atoms with Crippen LogP contribution in [0.4, 0.5) is 0 Å². The normalized spacial score (nSPS) is 25.4. The lowest BCUT2D eigenvalue weighted by atomic mass is 10.2. The van der Waals surface area contributed by atoms with Crippen LogP contribution in [0.1, 0.15) is 14.7 Å². The Kier molecular flexibility index (Phi) is 3.61. The van der Waals surface area contributed by atoms with E-state index in [0.717, 1.165) is 5.56 Å². The summed E-state index contributed by atoms with van der Waals surface area (Å²) in [7, 11) is 0. The second-order valence-corrected chi connectivity index (χ2v) is 3.84. The Bertz CT molecular complexity index is 425. The Morgan fingerprint density at radius 1 is 1.47 bits per heavy atom. The molecular formula is C13H17NO3. The van der Waals surface area contributed by atoms with Crippen molar-refractivity contribution in [2.24, 2.45) is 0 Å². The molecule has 0 aliphatic carbocycles. The summed E-state index contributed by atoms with van der Waals surface area (Å²) in [6.45, 7) is -1.35. The molecule has 0 bridgehead atoms. The average molecular weight is 237 g/mol. The summed E-state index contributed by atoms with van der Waals surface area (Å²) >= 11 is 0. The van der Waals surface area contributed by atoms with Gasteiger partial charge in [0.05, 0.1) is 35.2 Å². The van der Waals surface area contributed by atoms with Gasteiger partial charge in [0.2, 0.25) is 5.91 Å². The van der Waals surface area contributed by atoms with Crippen LogP contribution < -0.4 is 5.32 Å². The Labute approximate surface area is 104 Å². The quantitative estimate of drug-likeness (QED) is 0.853. The molecule has 1 N–H and O–H groups in total. The molecular weight excluding hydrogens is 218 g/mol. The zero-order valence-electron chi connectivity index (χ0n) is 11.5. The van der Waals surface area contributed by atoms with E-state index in [1.165, 1.54) is 0 Å². The molecule has 17 heavy (non-hydrogen) atoms. The maximum absolute atomic E-state index is 11.4. The second kappa shape index (κ2) is 6.37. The van der Waals surface area contributed by atoms with Gasteiger partial charge in [-0.05, 0) is 5.56 Å². The lowest BCUT2D eigenvalue weighted by Crippen LogP contribution is -2.39. The molecule has 1 amide bonds. The molecule has 0 spiro atoms. The summed E-state index contributed by atoms with van der Waals surface area (Å²) in [5.74, 6) is -0.213. The van der Waals surface area contributed by atoms with Crippen molar-refractivity contribution in [1.29, 1.82) is 0 Å². The highest BCUT2D eigenvalue weighted by molar-refractivity contribution is 5.76. The maximum Gasteiger partial charge on any atom is 0.222 e. The van der Waals surface area contributed by atoms with E-state index in [-0.39, 0.29) is 25.5 Å². The molecule has 1 aromatic rings. The van der Waals surface area contributed by atoms with Gasteiger partial charge in [-0.15, -0.1) is 0 Å². The SMILES string of the molecule is [2H]C1([2H])OCCC(=O)N[C@H]1COCc1ccccc1. The number of hydrogen-bond donors (Lipinski definition) is 1. The van der Waals surface area contributed by atoms with Crippen LogP contribution in [0.2, 0.25) is 0 Å². The van der Waals surface area contributed by atoms with Crippen molar-refractivity contribution >= 4 is 5.91 Å². The van der Waals surface area contributed by atoms with Gasteiger partial charge in [0, 0.05) is 6.42 Å². The van der Waals surface area contributed by atoms with Gasteiger partial charge in [-0.25, -0.2) is 0 Å². The number of nitrogens with one attached hydrogen (secondary N) is 1. The molecule has 4 heteroatoms. The van der Waals surface area contributed by atoms with Crippen molar-refractivity contribution in [2.45, 2.75) is 19.1 Å². The van der Waals surface area contributed by atoms with Crippen LogP contribution in [0.5, 0.6) is 0 Å². The summed E-state index contributed by atoms with van der Waals surface area (Å²) in [5.41, 5.74) is 1.00. The summed E-state index contributed by atoms with van der Waals surface area (Å²) in [4.78, 5) is 11.4. The fourth-order valence-corrected chi connectivity index (χ4v) is 1.54. The monoisotopic (exact) mass is 237 g/mol. The molecule has 92 valence electrons. The van der Waals surface area contributed by atoms with Crippen LogP contribution in [0.25, 0.3) is 0 Å². The van der Waals surface area contributed by atoms with E-state index in [0.29, 0.717) is 6.61 Å². The van der Waals surface area contributed by atoms with Gasteiger partial charge < -0.3 is 14.8 Å². The highest BCUT2D eigenvalue weighted by Crippen LogP contribution is 2.02. The molecule has 0 radical (unpaired) electrons. The second-order valence-electron chi connectivity index (χ2n) is 3.84. The van der Waals surface area contributed by atoms with Crippen molar-refractivity contribution in [1.82, 2.24) is 5.32 Å². The van der Waals surface area contributed by atoms with Crippen LogP contribution in [0, 0.1) is 0 Å². The molecule has 1 aromatic carbocycles. The summed E-state index contributed by atoms with van der Waals surface area (Å²) in [6, 6.07) is 8.81. The topological polar surface area (TPSA) is 47.6 Å². The van der Waals surface area contributed by atoms with Gasteiger partial charge in [-0.1, -0.05) is 30.3 Å². The van der Waals surface area contributed by atoms with E-state index in [9.17, 15) is 4.79 Å². The van der Waals surface area contributed by atoms with E-state index in [1.54, 1.807) is 0 Å². The van der Waals surface area contributed by atoms with E-state index in [4.69, 9.17) is 12.2 Å². The predicted molar refractivity (Wildman–Crippen MR) is 63.5 cm³/mol. The Balaban J connectivity index is 1.87. The minimum atomic E-state index is -1.90. The molecule has 4 nitrogen and oxygen atoms in total. The molecule has 2 rings (SSSR count). The van der Waals surface area contributed by atoms with Gasteiger partial charge in [-0.3, -0.25) is 4.79 Å². The van der Waals surface area contributed by atoms with Crippen LogP contribution in [-0.2, 0) is 20.9 Å². The molecule has 1 saturated heterocycles. The van der Waals surface area contributed by atoms with Crippen molar-refractivity contribution in [3.63, 3.8) is 0 Å². The smallest absolute Gasteiger partial charge is 0.222 e. The molecule has 0 aromatic heterocycles. The third-order valence-corrected chi connectivity index (χ3v) is 2.39. The minimum absolute atomic E-state index is 0.0770. The third kappa shape index (κ3) is 4.17. The van der Waals surface area contributed by atoms with Gasteiger partial charge in [0.1, 0.15) is 0 Å². The van der Waals surface area contributed by atoms with Gasteiger partial charge >= 0.3 is 0 Å². The lowest BCUT2D eigenvalue weighted by Gasteiger charge is -2.15. The first-order valence-electron chi connectivity index (χ1n) is 6.63. The number of rotatable bonds is 4. The number of hydrogen-bond acceptors (Lipinski definition) is 3. The Morgan fingerprint density at radius 3 is 3.12 bits per heavy atom.